The molecule has 0 atom stereocenters. The van der Waals surface area contributed by atoms with Crippen molar-refractivity contribution in [1.82, 2.24) is 15.1 Å². The van der Waals surface area contributed by atoms with E-state index >= 15 is 0 Å². The summed E-state index contributed by atoms with van der Waals surface area (Å²) in [6.45, 7) is 3.31. The number of aromatic nitrogens is 2. The van der Waals surface area contributed by atoms with Gasteiger partial charge in [-0.1, -0.05) is 0 Å². The third-order valence-corrected chi connectivity index (χ3v) is 4.26. The molecule has 1 saturated carbocycles. The number of rotatable bonds is 10. The fourth-order valence-corrected chi connectivity index (χ4v) is 2.71. The van der Waals surface area contributed by atoms with E-state index in [4.69, 9.17) is 4.74 Å². The van der Waals surface area contributed by atoms with Crippen LogP contribution in [0.2, 0.25) is 0 Å². The molecule has 1 aliphatic carbocycles. The summed E-state index contributed by atoms with van der Waals surface area (Å²) in [5.41, 5.74) is 2.91. The van der Waals surface area contributed by atoms with E-state index < -0.39 is 4.92 Å². The average Bonchev–Trinajstić information content (AvgIpc) is 3.35. The minimum Gasteiger partial charge on any atom is -0.381 e. The van der Waals surface area contributed by atoms with Crippen molar-refractivity contribution in [3.8, 4) is 11.3 Å². The van der Waals surface area contributed by atoms with Gasteiger partial charge in [0.25, 0.3) is 5.69 Å². The van der Waals surface area contributed by atoms with Gasteiger partial charge in [0.2, 0.25) is 0 Å². The Hall–Kier alpha value is -2.25. The van der Waals surface area contributed by atoms with Crippen LogP contribution in [0.25, 0.3) is 11.3 Å². The Balaban J connectivity index is 1.50. The van der Waals surface area contributed by atoms with Crippen LogP contribution in [0.4, 0.5) is 5.69 Å². The highest BCUT2D eigenvalue weighted by Crippen LogP contribution is 2.28. The van der Waals surface area contributed by atoms with Crippen molar-refractivity contribution in [3.63, 3.8) is 0 Å². The SMILES string of the molecule is Cn1cc(CNCCCOCC2CC2)c(-c2ccc([N+](=O)[O-])cc2)n1. The van der Waals surface area contributed by atoms with Gasteiger partial charge in [-0.25, -0.2) is 0 Å². The van der Waals surface area contributed by atoms with Crippen molar-refractivity contribution in [2.75, 3.05) is 19.8 Å². The average molecular weight is 344 g/mol. The Morgan fingerprint density at radius 1 is 1.36 bits per heavy atom. The van der Waals surface area contributed by atoms with Crippen molar-refractivity contribution in [2.45, 2.75) is 25.8 Å². The Kier molecular flexibility index (Phi) is 5.78. The first-order chi connectivity index (χ1) is 12.1. The molecule has 1 aromatic heterocycles. The van der Waals surface area contributed by atoms with Gasteiger partial charge in [-0.05, 0) is 43.9 Å². The minimum absolute atomic E-state index is 0.0885. The highest BCUT2D eigenvalue weighted by molar-refractivity contribution is 5.64. The van der Waals surface area contributed by atoms with Crippen molar-refractivity contribution < 1.29 is 9.66 Å². The summed E-state index contributed by atoms with van der Waals surface area (Å²) in [6, 6.07) is 6.52. The van der Waals surface area contributed by atoms with Crippen LogP contribution in [0, 0.1) is 16.0 Å². The van der Waals surface area contributed by atoms with Gasteiger partial charge in [0, 0.05) is 56.3 Å². The third kappa shape index (κ3) is 5.11. The first-order valence-electron chi connectivity index (χ1n) is 8.69. The second kappa shape index (κ2) is 8.22. The van der Waals surface area contributed by atoms with Crippen molar-refractivity contribution in [1.29, 1.82) is 0 Å². The molecular formula is C18H24N4O3. The van der Waals surface area contributed by atoms with Crippen molar-refractivity contribution in [3.05, 3.63) is 46.1 Å². The van der Waals surface area contributed by atoms with E-state index in [1.807, 2.05) is 13.2 Å². The predicted octanol–water partition coefficient (Wildman–Crippen LogP) is 2.90. The third-order valence-electron chi connectivity index (χ3n) is 4.26. The van der Waals surface area contributed by atoms with Crippen molar-refractivity contribution >= 4 is 5.69 Å². The van der Waals surface area contributed by atoms with Crippen LogP contribution in [-0.2, 0) is 18.3 Å². The summed E-state index contributed by atoms with van der Waals surface area (Å²) in [5, 5.41) is 18.7. The van der Waals surface area contributed by atoms with Crippen LogP contribution in [0.5, 0.6) is 0 Å². The molecule has 7 heteroatoms. The van der Waals surface area contributed by atoms with Gasteiger partial charge in [-0.15, -0.1) is 0 Å². The van der Waals surface area contributed by atoms with Crippen LogP contribution in [-0.4, -0.2) is 34.5 Å². The van der Waals surface area contributed by atoms with Crippen LogP contribution in [0.1, 0.15) is 24.8 Å². The van der Waals surface area contributed by atoms with Crippen LogP contribution in [0.15, 0.2) is 30.5 Å². The molecular weight excluding hydrogens is 320 g/mol. The zero-order valence-electron chi connectivity index (χ0n) is 14.5. The highest BCUT2D eigenvalue weighted by atomic mass is 16.6. The molecule has 1 heterocycles. The molecule has 3 rings (SSSR count). The number of hydrogen-bond acceptors (Lipinski definition) is 5. The number of nitrogens with one attached hydrogen (secondary N) is 1. The van der Waals surface area contributed by atoms with Gasteiger partial charge < -0.3 is 10.1 Å². The normalized spacial score (nSPS) is 14.0. The summed E-state index contributed by atoms with van der Waals surface area (Å²) >= 11 is 0. The molecule has 1 aromatic carbocycles. The molecule has 1 aliphatic rings. The lowest BCUT2D eigenvalue weighted by molar-refractivity contribution is -0.384. The monoisotopic (exact) mass is 344 g/mol. The Bertz CT molecular complexity index is 708. The summed E-state index contributed by atoms with van der Waals surface area (Å²) in [7, 11) is 1.88. The Morgan fingerprint density at radius 3 is 2.80 bits per heavy atom. The largest absolute Gasteiger partial charge is 0.381 e. The number of aryl methyl sites for hydroxylation is 1. The van der Waals surface area contributed by atoms with Gasteiger partial charge >= 0.3 is 0 Å². The number of nitro groups is 1. The standard InChI is InChI=1S/C18H24N4O3/c1-21-12-16(11-19-9-2-10-25-13-14-3-4-14)18(20-21)15-5-7-17(8-6-15)22(23)24/h5-8,12,14,19H,2-4,9-11,13H2,1H3. The van der Waals surface area contributed by atoms with Gasteiger partial charge in [0.05, 0.1) is 10.6 Å². The summed E-state index contributed by atoms with van der Waals surface area (Å²) < 4.78 is 7.40. The van der Waals surface area contributed by atoms with Crippen LogP contribution in [0.3, 0.4) is 0 Å². The van der Waals surface area contributed by atoms with Gasteiger partial charge in [-0.3, -0.25) is 14.8 Å². The molecule has 0 amide bonds. The number of hydrogen-bond donors (Lipinski definition) is 1. The Morgan fingerprint density at radius 2 is 2.12 bits per heavy atom. The highest BCUT2D eigenvalue weighted by Gasteiger charge is 2.20. The number of non-ortho nitro benzene ring substituents is 1. The summed E-state index contributed by atoms with van der Waals surface area (Å²) in [6.07, 6.45) is 5.61. The fraction of sp³-hybridized carbons (Fsp3) is 0.500. The van der Waals surface area contributed by atoms with Gasteiger partial charge in [0.15, 0.2) is 0 Å². The molecule has 0 saturated heterocycles. The van der Waals surface area contributed by atoms with E-state index in [9.17, 15) is 10.1 Å². The molecule has 1 fully saturated rings. The number of ether oxygens (including phenoxy) is 1. The Labute approximate surface area is 147 Å². The predicted molar refractivity (Wildman–Crippen MR) is 95.2 cm³/mol. The van der Waals surface area contributed by atoms with E-state index in [-0.39, 0.29) is 5.69 Å². The minimum atomic E-state index is -0.393. The van der Waals surface area contributed by atoms with E-state index in [0.717, 1.165) is 48.9 Å². The fourth-order valence-electron chi connectivity index (χ4n) is 2.71. The van der Waals surface area contributed by atoms with E-state index in [2.05, 4.69) is 10.4 Å². The molecule has 0 radical (unpaired) electrons. The number of nitrogens with zero attached hydrogens (tertiary/aromatic N) is 3. The van der Waals surface area contributed by atoms with E-state index in [0.29, 0.717) is 6.54 Å². The first kappa shape index (κ1) is 17.6. The maximum absolute atomic E-state index is 10.8. The molecule has 0 unspecified atom stereocenters. The lowest BCUT2D eigenvalue weighted by Gasteiger charge is -2.06. The molecule has 2 aromatic rings. The van der Waals surface area contributed by atoms with Gasteiger partial charge in [-0.2, -0.15) is 5.10 Å². The maximum Gasteiger partial charge on any atom is 0.269 e. The molecule has 25 heavy (non-hydrogen) atoms. The number of nitro benzene ring substituents is 1. The second-order valence-electron chi connectivity index (χ2n) is 6.53. The second-order valence-corrected chi connectivity index (χ2v) is 6.53. The quantitative estimate of drug-likeness (QED) is 0.407. The molecule has 134 valence electrons. The number of benzene rings is 1. The summed E-state index contributed by atoms with van der Waals surface area (Å²) in [5.74, 6) is 0.813. The molecule has 0 spiro atoms. The summed E-state index contributed by atoms with van der Waals surface area (Å²) in [4.78, 5) is 10.4. The lowest BCUT2D eigenvalue weighted by atomic mass is 10.1. The molecule has 0 bridgehead atoms. The zero-order valence-corrected chi connectivity index (χ0v) is 14.5. The van der Waals surface area contributed by atoms with Crippen molar-refractivity contribution in [2.24, 2.45) is 13.0 Å². The smallest absolute Gasteiger partial charge is 0.269 e. The van der Waals surface area contributed by atoms with Gasteiger partial charge in [0.1, 0.15) is 0 Å². The van der Waals surface area contributed by atoms with Crippen LogP contribution >= 0.6 is 0 Å². The van der Waals surface area contributed by atoms with E-state index in [1.54, 1.807) is 16.8 Å². The lowest BCUT2D eigenvalue weighted by Crippen LogP contribution is -2.16. The molecule has 1 N–H and O–H groups in total. The molecule has 7 nitrogen and oxygen atoms in total. The maximum atomic E-state index is 10.8. The zero-order chi connectivity index (χ0) is 17.6. The molecule has 0 aliphatic heterocycles. The topological polar surface area (TPSA) is 82.2 Å². The first-order valence-corrected chi connectivity index (χ1v) is 8.69. The van der Waals surface area contributed by atoms with Crippen LogP contribution < -0.4 is 5.32 Å². The van der Waals surface area contributed by atoms with E-state index in [1.165, 1.54) is 25.0 Å².